The quantitative estimate of drug-likeness (QED) is 0.937. The van der Waals surface area contributed by atoms with Crippen LogP contribution in [-0.4, -0.2) is 12.2 Å². The van der Waals surface area contributed by atoms with Crippen molar-refractivity contribution in [3.8, 4) is 5.75 Å². The van der Waals surface area contributed by atoms with Gasteiger partial charge in [-0.2, -0.15) is 0 Å². The summed E-state index contributed by atoms with van der Waals surface area (Å²) in [5.41, 5.74) is 0.835. The maximum absolute atomic E-state index is 14.2. The zero-order valence-corrected chi connectivity index (χ0v) is 11.3. The molecule has 1 unspecified atom stereocenters. The summed E-state index contributed by atoms with van der Waals surface area (Å²) in [6.07, 6.45) is -1.01. The fraction of sp³-hybridized carbons (Fsp3) is 0.143. The molecule has 2 aromatic carbocycles. The third-order valence-electron chi connectivity index (χ3n) is 2.69. The molecule has 4 heteroatoms. The maximum Gasteiger partial charge on any atom is 0.172 e. The van der Waals surface area contributed by atoms with Crippen molar-refractivity contribution in [1.29, 1.82) is 0 Å². The van der Waals surface area contributed by atoms with E-state index in [9.17, 15) is 9.50 Å². The summed E-state index contributed by atoms with van der Waals surface area (Å²) in [5.74, 6) is -0.453. The molecule has 1 atom stereocenters. The largest absolute Gasteiger partial charge is 0.492 e. The highest BCUT2D eigenvalue weighted by molar-refractivity contribution is 9.10. The van der Waals surface area contributed by atoms with Gasteiger partial charge in [0.2, 0.25) is 0 Å². The van der Waals surface area contributed by atoms with Crippen LogP contribution in [0.4, 0.5) is 4.39 Å². The molecule has 0 aromatic heterocycles. The zero-order chi connectivity index (χ0) is 13.1. The van der Waals surface area contributed by atoms with Gasteiger partial charge in [-0.1, -0.05) is 36.4 Å². The molecule has 0 fully saturated rings. The van der Waals surface area contributed by atoms with E-state index < -0.39 is 11.9 Å². The lowest BCUT2D eigenvalue weighted by atomic mass is 10.0. The molecule has 2 rings (SSSR count). The van der Waals surface area contributed by atoms with Gasteiger partial charge in [-0.25, -0.2) is 4.39 Å². The predicted molar refractivity (Wildman–Crippen MR) is 71.2 cm³/mol. The molecule has 0 spiro atoms. The van der Waals surface area contributed by atoms with E-state index in [-0.39, 0.29) is 11.3 Å². The minimum atomic E-state index is -1.01. The van der Waals surface area contributed by atoms with Crippen molar-refractivity contribution in [3.63, 3.8) is 0 Å². The molecule has 1 N–H and O–H groups in total. The van der Waals surface area contributed by atoms with Crippen LogP contribution in [0.25, 0.3) is 0 Å². The maximum atomic E-state index is 14.2. The van der Waals surface area contributed by atoms with E-state index in [0.29, 0.717) is 10.0 Å². The van der Waals surface area contributed by atoms with E-state index >= 15 is 0 Å². The molecule has 0 radical (unpaired) electrons. The molecule has 94 valence electrons. The van der Waals surface area contributed by atoms with Gasteiger partial charge < -0.3 is 9.84 Å². The molecule has 0 bridgehead atoms. The van der Waals surface area contributed by atoms with Crippen LogP contribution < -0.4 is 4.74 Å². The van der Waals surface area contributed by atoms with Crippen LogP contribution >= 0.6 is 15.9 Å². The second-order valence-corrected chi connectivity index (χ2v) is 4.65. The van der Waals surface area contributed by atoms with Gasteiger partial charge in [0, 0.05) is 5.56 Å². The Labute approximate surface area is 113 Å². The van der Waals surface area contributed by atoms with E-state index in [1.807, 2.05) is 6.07 Å². The highest BCUT2D eigenvalue weighted by atomic mass is 79.9. The first-order valence-electron chi connectivity index (χ1n) is 5.40. The number of aliphatic hydroxyl groups is 1. The Morgan fingerprint density at radius 2 is 1.83 bits per heavy atom. The highest BCUT2D eigenvalue weighted by Crippen LogP contribution is 2.34. The minimum Gasteiger partial charge on any atom is -0.492 e. The first-order valence-corrected chi connectivity index (χ1v) is 6.19. The molecule has 0 aliphatic rings. The van der Waals surface area contributed by atoms with Crippen LogP contribution in [0, 0.1) is 5.82 Å². The predicted octanol–water partition coefficient (Wildman–Crippen LogP) is 3.68. The SMILES string of the molecule is COc1c(Br)ccc(C(O)c2ccccc2)c1F. The molecule has 2 nitrogen and oxygen atoms in total. The van der Waals surface area contributed by atoms with Crippen LogP contribution in [0.15, 0.2) is 46.9 Å². The lowest BCUT2D eigenvalue weighted by Gasteiger charge is -2.15. The number of ether oxygens (including phenoxy) is 1. The van der Waals surface area contributed by atoms with Gasteiger partial charge in [-0.15, -0.1) is 0 Å². The van der Waals surface area contributed by atoms with Crippen molar-refractivity contribution in [1.82, 2.24) is 0 Å². The van der Waals surface area contributed by atoms with Gasteiger partial charge in [0.05, 0.1) is 11.6 Å². The Hall–Kier alpha value is -1.39. The standard InChI is InChI=1S/C14H12BrFO2/c1-18-14-11(15)8-7-10(12(14)16)13(17)9-5-3-2-4-6-9/h2-8,13,17H,1H3. The highest BCUT2D eigenvalue weighted by Gasteiger charge is 2.19. The average Bonchev–Trinajstić information content (AvgIpc) is 2.40. The molecule has 0 saturated carbocycles. The number of methoxy groups -OCH3 is 1. The minimum absolute atomic E-state index is 0.0995. The molecule has 0 saturated heterocycles. The normalized spacial score (nSPS) is 12.2. The lowest BCUT2D eigenvalue weighted by molar-refractivity contribution is 0.213. The average molecular weight is 311 g/mol. The third kappa shape index (κ3) is 2.40. The van der Waals surface area contributed by atoms with Gasteiger partial charge in [0.15, 0.2) is 11.6 Å². The van der Waals surface area contributed by atoms with Gasteiger partial charge in [-0.3, -0.25) is 0 Å². The zero-order valence-electron chi connectivity index (χ0n) is 9.73. The Balaban J connectivity index is 2.46. The summed E-state index contributed by atoms with van der Waals surface area (Å²) in [4.78, 5) is 0. The number of benzene rings is 2. The number of aliphatic hydroxyl groups excluding tert-OH is 1. The number of halogens is 2. The van der Waals surface area contributed by atoms with Crippen LogP contribution in [-0.2, 0) is 0 Å². The molecule has 18 heavy (non-hydrogen) atoms. The Morgan fingerprint density at radius 3 is 2.44 bits per heavy atom. The van der Waals surface area contributed by atoms with Crippen molar-refractivity contribution in [2.24, 2.45) is 0 Å². The first-order chi connectivity index (χ1) is 8.65. The van der Waals surface area contributed by atoms with Gasteiger partial charge in [0.25, 0.3) is 0 Å². The Morgan fingerprint density at radius 1 is 1.17 bits per heavy atom. The van der Waals surface area contributed by atoms with Gasteiger partial charge >= 0.3 is 0 Å². The number of hydrogen-bond donors (Lipinski definition) is 1. The fourth-order valence-corrected chi connectivity index (χ4v) is 2.23. The van der Waals surface area contributed by atoms with Crippen molar-refractivity contribution in [2.75, 3.05) is 7.11 Å². The second kappa shape index (κ2) is 5.50. The van der Waals surface area contributed by atoms with Gasteiger partial charge in [0.1, 0.15) is 6.10 Å². The summed E-state index contributed by atoms with van der Waals surface area (Å²) < 4.78 is 19.6. The lowest BCUT2D eigenvalue weighted by Crippen LogP contribution is -2.04. The smallest absolute Gasteiger partial charge is 0.172 e. The van der Waals surface area contributed by atoms with Crippen molar-refractivity contribution < 1.29 is 14.2 Å². The van der Waals surface area contributed by atoms with E-state index in [1.54, 1.807) is 36.4 Å². The van der Waals surface area contributed by atoms with Crippen LogP contribution in [0.5, 0.6) is 5.75 Å². The molecule has 2 aromatic rings. The Bertz CT molecular complexity index is 543. The summed E-state index contributed by atoms with van der Waals surface area (Å²) in [5, 5.41) is 10.2. The summed E-state index contributed by atoms with van der Waals surface area (Å²) in [6.45, 7) is 0. The van der Waals surface area contributed by atoms with Gasteiger partial charge in [-0.05, 0) is 27.6 Å². The first kappa shape index (κ1) is 13.1. The van der Waals surface area contributed by atoms with Crippen molar-refractivity contribution in [3.05, 3.63) is 63.9 Å². The van der Waals surface area contributed by atoms with E-state index in [1.165, 1.54) is 7.11 Å². The summed E-state index contributed by atoms with van der Waals surface area (Å²) in [6, 6.07) is 12.1. The van der Waals surface area contributed by atoms with Crippen molar-refractivity contribution >= 4 is 15.9 Å². The summed E-state index contributed by atoms with van der Waals surface area (Å²) in [7, 11) is 1.39. The number of rotatable bonds is 3. The van der Waals surface area contributed by atoms with Crippen LogP contribution in [0.2, 0.25) is 0 Å². The van der Waals surface area contributed by atoms with E-state index in [2.05, 4.69) is 15.9 Å². The molecule has 0 heterocycles. The Kier molecular flexibility index (Phi) is 3.99. The summed E-state index contributed by atoms with van der Waals surface area (Å²) >= 11 is 3.20. The topological polar surface area (TPSA) is 29.5 Å². The molecule has 0 amide bonds. The molecule has 0 aliphatic carbocycles. The molecular weight excluding hydrogens is 299 g/mol. The fourth-order valence-electron chi connectivity index (χ4n) is 1.76. The second-order valence-electron chi connectivity index (χ2n) is 3.80. The number of hydrogen-bond acceptors (Lipinski definition) is 2. The van der Waals surface area contributed by atoms with Crippen molar-refractivity contribution in [2.45, 2.75) is 6.10 Å². The molecular formula is C14H12BrFO2. The van der Waals surface area contributed by atoms with E-state index in [0.717, 1.165) is 0 Å². The third-order valence-corrected chi connectivity index (χ3v) is 3.32. The molecule has 0 aliphatic heterocycles. The van der Waals surface area contributed by atoms with E-state index in [4.69, 9.17) is 4.74 Å². The van der Waals surface area contributed by atoms with Crippen LogP contribution in [0.1, 0.15) is 17.2 Å². The monoisotopic (exact) mass is 310 g/mol. The van der Waals surface area contributed by atoms with Crippen LogP contribution in [0.3, 0.4) is 0 Å².